The van der Waals surface area contributed by atoms with Crippen LogP contribution in [0.15, 0.2) is 18.2 Å². The molecule has 1 aliphatic rings. The van der Waals surface area contributed by atoms with Crippen molar-refractivity contribution in [1.82, 2.24) is 4.90 Å². The number of nitrogen functional groups attached to an aromatic ring is 1. The molecule has 18 heavy (non-hydrogen) atoms. The van der Waals surface area contributed by atoms with E-state index in [4.69, 9.17) is 5.84 Å². The summed E-state index contributed by atoms with van der Waals surface area (Å²) in [6.07, 6.45) is 0.429. The van der Waals surface area contributed by atoms with E-state index in [0.29, 0.717) is 18.8 Å². The van der Waals surface area contributed by atoms with Gasteiger partial charge in [-0.3, -0.25) is 20.9 Å². The number of β-amino-alcohol motifs (C(OH)–C–C–N with tert-alkyl or cyclic N) is 1. The Labute approximate surface area is 104 Å². The highest BCUT2D eigenvalue weighted by Crippen LogP contribution is 2.24. The highest BCUT2D eigenvalue weighted by molar-refractivity contribution is 5.55. The third-order valence-corrected chi connectivity index (χ3v) is 3.10. The van der Waals surface area contributed by atoms with Crippen molar-refractivity contribution in [2.45, 2.75) is 19.1 Å². The van der Waals surface area contributed by atoms with Crippen molar-refractivity contribution in [3.63, 3.8) is 0 Å². The van der Waals surface area contributed by atoms with Gasteiger partial charge in [0.25, 0.3) is 5.69 Å². The Morgan fingerprint density at radius 1 is 1.61 bits per heavy atom. The second-order valence-corrected chi connectivity index (χ2v) is 4.42. The minimum atomic E-state index is -0.428. The average molecular weight is 252 g/mol. The van der Waals surface area contributed by atoms with Crippen molar-refractivity contribution in [3.05, 3.63) is 33.9 Å². The Bertz CT molecular complexity index is 452. The van der Waals surface area contributed by atoms with Gasteiger partial charge in [0.2, 0.25) is 0 Å². The van der Waals surface area contributed by atoms with Crippen LogP contribution in [0.25, 0.3) is 0 Å². The summed E-state index contributed by atoms with van der Waals surface area (Å²) in [6, 6.07) is 4.53. The largest absolute Gasteiger partial charge is 0.392 e. The predicted octanol–water partition coefficient (Wildman–Crippen LogP) is 0.447. The van der Waals surface area contributed by atoms with Crippen molar-refractivity contribution in [2.75, 3.05) is 18.5 Å². The summed E-state index contributed by atoms with van der Waals surface area (Å²) < 4.78 is 0. The molecule has 7 nitrogen and oxygen atoms in total. The minimum absolute atomic E-state index is 0.0451. The van der Waals surface area contributed by atoms with Crippen molar-refractivity contribution in [3.8, 4) is 0 Å². The number of likely N-dealkylation sites (tertiary alicyclic amines) is 1. The van der Waals surface area contributed by atoms with Crippen molar-refractivity contribution >= 4 is 11.4 Å². The highest BCUT2D eigenvalue weighted by Gasteiger charge is 2.21. The van der Waals surface area contributed by atoms with Crippen LogP contribution in [0, 0.1) is 10.1 Å². The summed E-state index contributed by atoms with van der Waals surface area (Å²) in [4.78, 5) is 12.4. The Morgan fingerprint density at radius 2 is 2.39 bits per heavy atom. The molecule has 2 rings (SSSR count). The molecule has 0 aliphatic carbocycles. The van der Waals surface area contributed by atoms with Crippen LogP contribution in [0.3, 0.4) is 0 Å². The summed E-state index contributed by atoms with van der Waals surface area (Å²) in [7, 11) is 0. The van der Waals surface area contributed by atoms with Crippen LogP contribution in [-0.4, -0.2) is 34.1 Å². The van der Waals surface area contributed by atoms with Gasteiger partial charge >= 0.3 is 0 Å². The number of aliphatic hydroxyl groups is 1. The summed E-state index contributed by atoms with van der Waals surface area (Å²) in [5, 5.41) is 20.2. The third-order valence-electron chi connectivity index (χ3n) is 3.10. The van der Waals surface area contributed by atoms with Gasteiger partial charge in [-0.2, -0.15) is 0 Å². The van der Waals surface area contributed by atoms with E-state index in [1.807, 2.05) is 4.90 Å². The molecule has 1 aromatic carbocycles. The predicted molar refractivity (Wildman–Crippen MR) is 66.8 cm³/mol. The lowest BCUT2D eigenvalue weighted by Crippen LogP contribution is -2.22. The number of nitrogens with zero attached hydrogens (tertiary/aromatic N) is 2. The number of hydrazine groups is 1. The van der Waals surface area contributed by atoms with E-state index < -0.39 is 4.92 Å². The maximum atomic E-state index is 10.7. The number of benzene rings is 1. The van der Waals surface area contributed by atoms with Crippen molar-refractivity contribution in [1.29, 1.82) is 0 Å². The molecule has 0 amide bonds. The normalized spacial score (nSPS) is 20.0. The lowest BCUT2D eigenvalue weighted by Gasteiger charge is -2.17. The van der Waals surface area contributed by atoms with Gasteiger partial charge in [0.05, 0.1) is 16.7 Å². The second kappa shape index (κ2) is 5.30. The standard InChI is InChI=1S/C11H16N4O3/c12-13-11-2-1-9(15(17)18)5-8(11)6-14-4-3-10(16)7-14/h1-2,5,10,13,16H,3-4,6-7,12H2. The Kier molecular flexibility index (Phi) is 3.75. The fourth-order valence-corrected chi connectivity index (χ4v) is 2.16. The number of rotatable bonds is 4. The van der Waals surface area contributed by atoms with Crippen LogP contribution in [0.5, 0.6) is 0 Å². The Morgan fingerprint density at radius 3 is 2.94 bits per heavy atom. The van der Waals surface area contributed by atoms with Crippen LogP contribution in [0.1, 0.15) is 12.0 Å². The summed E-state index contributed by atoms with van der Waals surface area (Å²) >= 11 is 0. The number of aliphatic hydroxyl groups excluding tert-OH is 1. The van der Waals surface area contributed by atoms with Gasteiger partial charge in [-0.1, -0.05) is 0 Å². The number of hydrogen-bond donors (Lipinski definition) is 3. The van der Waals surface area contributed by atoms with Gasteiger partial charge in [-0.25, -0.2) is 0 Å². The van der Waals surface area contributed by atoms with Gasteiger partial charge in [0, 0.05) is 31.8 Å². The average Bonchev–Trinajstić information content (AvgIpc) is 2.74. The van der Waals surface area contributed by atoms with E-state index in [1.54, 1.807) is 6.07 Å². The summed E-state index contributed by atoms with van der Waals surface area (Å²) in [5.74, 6) is 5.39. The van der Waals surface area contributed by atoms with E-state index in [0.717, 1.165) is 18.5 Å². The van der Waals surface area contributed by atoms with E-state index >= 15 is 0 Å². The number of non-ortho nitro benzene ring substituents is 1. The first-order valence-electron chi connectivity index (χ1n) is 5.74. The molecule has 1 aliphatic heterocycles. The van der Waals surface area contributed by atoms with E-state index in [1.165, 1.54) is 12.1 Å². The molecule has 7 heteroatoms. The molecule has 1 aromatic rings. The first kappa shape index (κ1) is 12.7. The number of nitrogens with one attached hydrogen (secondary N) is 1. The van der Waals surface area contributed by atoms with Crippen LogP contribution < -0.4 is 11.3 Å². The van der Waals surface area contributed by atoms with Gasteiger partial charge in [0.15, 0.2) is 0 Å². The lowest BCUT2D eigenvalue weighted by atomic mass is 10.1. The first-order chi connectivity index (χ1) is 8.60. The smallest absolute Gasteiger partial charge is 0.269 e. The molecule has 4 N–H and O–H groups in total. The van der Waals surface area contributed by atoms with Gasteiger partial charge < -0.3 is 10.5 Å². The van der Waals surface area contributed by atoms with Crippen LogP contribution in [-0.2, 0) is 6.54 Å². The number of nitro benzene ring substituents is 1. The second-order valence-electron chi connectivity index (χ2n) is 4.42. The van der Waals surface area contributed by atoms with E-state index in [-0.39, 0.29) is 11.8 Å². The molecule has 1 unspecified atom stereocenters. The van der Waals surface area contributed by atoms with Gasteiger partial charge in [-0.15, -0.1) is 0 Å². The zero-order chi connectivity index (χ0) is 13.1. The monoisotopic (exact) mass is 252 g/mol. The number of anilines is 1. The Hall–Kier alpha value is -1.70. The van der Waals surface area contributed by atoms with Crippen molar-refractivity contribution < 1.29 is 10.0 Å². The summed E-state index contributed by atoms with van der Waals surface area (Å²) in [5.41, 5.74) is 4.01. The molecule has 1 fully saturated rings. The van der Waals surface area contributed by atoms with Crippen molar-refractivity contribution in [2.24, 2.45) is 5.84 Å². The zero-order valence-corrected chi connectivity index (χ0v) is 9.87. The minimum Gasteiger partial charge on any atom is -0.392 e. The molecule has 1 saturated heterocycles. The number of hydrogen-bond acceptors (Lipinski definition) is 6. The molecule has 0 aromatic heterocycles. The topological polar surface area (TPSA) is 105 Å². The summed E-state index contributed by atoms with van der Waals surface area (Å²) in [6.45, 7) is 1.92. The fraction of sp³-hybridized carbons (Fsp3) is 0.455. The number of nitro groups is 1. The SMILES string of the molecule is NNc1ccc([N+](=O)[O-])cc1CN1CCC(O)C1. The molecule has 0 bridgehead atoms. The molecular weight excluding hydrogens is 236 g/mol. The van der Waals surface area contributed by atoms with Crippen LogP contribution in [0.2, 0.25) is 0 Å². The van der Waals surface area contributed by atoms with Gasteiger partial charge in [-0.05, 0) is 18.1 Å². The van der Waals surface area contributed by atoms with Crippen LogP contribution in [0.4, 0.5) is 11.4 Å². The molecule has 0 radical (unpaired) electrons. The highest BCUT2D eigenvalue weighted by atomic mass is 16.6. The third kappa shape index (κ3) is 2.76. The zero-order valence-electron chi connectivity index (χ0n) is 9.87. The molecule has 0 saturated carbocycles. The quantitative estimate of drug-likeness (QED) is 0.408. The fourth-order valence-electron chi connectivity index (χ4n) is 2.16. The molecule has 1 atom stereocenters. The molecular formula is C11H16N4O3. The van der Waals surface area contributed by atoms with Gasteiger partial charge in [0.1, 0.15) is 0 Å². The lowest BCUT2D eigenvalue weighted by molar-refractivity contribution is -0.384. The van der Waals surface area contributed by atoms with E-state index in [9.17, 15) is 15.2 Å². The maximum absolute atomic E-state index is 10.7. The van der Waals surface area contributed by atoms with Crippen LogP contribution >= 0.6 is 0 Å². The molecule has 0 spiro atoms. The number of nitrogens with two attached hydrogens (primary N) is 1. The molecule has 1 heterocycles. The molecule has 98 valence electrons. The Balaban J connectivity index is 2.18. The van der Waals surface area contributed by atoms with E-state index in [2.05, 4.69) is 5.43 Å². The first-order valence-corrected chi connectivity index (χ1v) is 5.74. The maximum Gasteiger partial charge on any atom is 0.269 e.